The molecule has 32 heavy (non-hydrogen) atoms. The second-order valence-corrected chi connectivity index (χ2v) is 8.08. The van der Waals surface area contributed by atoms with Crippen LogP contribution in [0.1, 0.15) is 35.6 Å². The van der Waals surface area contributed by atoms with Gasteiger partial charge in [0, 0.05) is 18.7 Å². The number of rotatable bonds is 6. The van der Waals surface area contributed by atoms with Gasteiger partial charge in [-0.15, -0.1) is 0 Å². The second-order valence-electron chi connectivity index (χ2n) is 8.08. The van der Waals surface area contributed by atoms with E-state index in [9.17, 15) is 9.59 Å². The number of hydrogen-bond acceptors (Lipinski definition) is 3. The zero-order chi connectivity index (χ0) is 21.9. The second kappa shape index (κ2) is 8.67. The van der Waals surface area contributed by atoms with Crippen molar-refractivity contribution in [3.05, 3.63) is 95.8 Å². The SMILES string of the molecule is O=C(Cc1ccc(N2CCCC2=O)cc1)NC(c1ccccc1)c1ccc2nc[nH]c2c1. The third kappa shape index (κ3) is 4.12. The van der Waals surface area contributed by atoms with E-state index in [1.165, 1.54) is 0 Å². The highest BCUT2D eigenvalue weighted by Crippen LogP contribution is 2.25. The summed E-state index contributed by atoms with van der Waals surface area (Å²) >= 11 is 0. The molecule has 0 radical (unpaired) electrons. The lowest BCUT2D eigenvalue weighted by Crippen LogP contribution is -2.30. The molecular formula is C26H24N4O2. The van der Waals surface area contributed by atoms with Gasteiger partial charge in [0.25, 0.3) is 0 Å². The average molecular weight is 425 g/mol. The maximum atomic E-state index is 13.0. The van der Waals surface area contributed by atoms with E-state index in [-0.39, 0.29) is 24.3 Å². The first-order valence-electron chi connectivity index (χ1n) is 10.8. The van der Waals surface area contributed by atoms with Gasteiger partial charge in [0.15, 0.2) is 0 Å². The number of imidazole rings is 1. The van der Waals surface area contributed by atoms with Crippen LogP contribution in [0.2, 0.25) is 0 Å². The number of nitrogens with one attached hydrogen (secondary N) is 2. The van der Waals surface area contributed by atoms with Crippen molar-refractivity contribution in [3.63, 3.8) is 0 Å². The molecule has 0 saturated carbocycles. The van der Waals surface area contributed by atoms with Gasteiger partial charge >= 0.3 is 0 Å². The Morgan fingerprint density at radius 1 is 1.03 bits per heavy atom. The van der Waals surface area contributed by atoms with Crippen LogP contribution in [-0.2, 0) is 16.0 Å². The molecule has 6 heteroatoms. The summed E-state index contributed by atoms with van der Waals surface area (Å²) in [4.78, 5) is 34.2. The standard InChI is InChI=1S/C26H24N4O2/c31-24(15-18-8-11-21(12-9-18)30-14-4-7-25(30)32)29-26(19-5-2-1-3-6-19)20-10-13-22-23(16-20)28-17-27-22/h1-3,5-6,8-13,16-17,26H,4,7,14-15H2,(H,27,28)(H,29,31). The molecule has 1 aliphatic heterocycles. The average Bonchev–Trinajstić information content (AvgIpc) is 3.47. The molecule has 2 amide bonds. The van der Waals surface area contributed by atoms with E-state index in [2.05, 4.69) is 15.3 Å². The number of aromatic amines is 1. The monoisotopic (exact) mass is 424 g/mol. The number of carbonyl (C=O) groups is 2. The first-order valence-corrected chi connectivity index (χ1v) is 10.8. The van der Waals surface area contributed by atoms with Crippen LogP contribution >= 0.6 is 0 Å². The Morgan fingerprint density at radius 2 is 1.84 bits per heavy atom. The lowest BCUT2D eigenvalue weighted by Gasteiger charge is -2.20. The van der Waals surface area contributed by atoms with Crippen LogP contribution < -0.4 is 10.2 Å². The van der Waals surface area contributed by atoms with Crippen LogP contribution in [0, 0.1) is 0 Å². The molecule has 1 atom stereocenters. The topological polar surface area (TPSA) is 78.1 Å². The van der Waals surface area contributed by atoms with Crippen molar-refractivity contribution in [1.29, 1.82) is 0 Å². The highest BCUT2D eigenvalue weighted by Gasteiger charge is 2.22. The van der Waals surface area contributed by atoms with Gasteiger partial charge in [0.2, 0.25) is 11.8 Å². The molecule has 2 N–H and O–H groups in total. The van der Waals surface area contributed by atoms with Crippen molar-refractivity contribution in [2.75, 3.05) is 11.4 Å². The fourth-order valence-electron chi connectivity index (χ4n) is 4.25. The number of hydrogen-bond donors (Lipinski definition) is 2. The molecule has 160 valence electrons. The van der Waals surface area contributed by atoms with Gasteiger partial charge in [-0.25, -0.2) is 4.98 Å². The van der Waals surface area contributed by atoms with Crippen molar-refractivity contribution >= 4 is 28.5 Å². The molecule has 1 saturated heterocycles. The summed E-state index contributed by atoms with van der Waals surface area (Å²) < 4.78 is 0. The Balaban J connectivity index is 1.34. The maximum absolute atomic E-state index is 13.0. The summed E-state index contributed by atoms with van der Waals surface area (Å²) in [6.45, 7) is 0.762. The molecule has 4 aromatic rings. The predicted octanol–water partition coefficient (Wildman–Crippen LogP) is 4.14. The molecule has 0 bridgehead atoms. The highest BCUT2D eigenvalue weighted by atomic mass is 16.2. The van der Waals surface area contributed by atoms with E-state index in [1.807, 2.05) is 72.8 Å². The first-order chi connectivity index (χ1) is 15.7. The summed E-state index contributed by atoms with van der Waals surface area (Å²) in [7, 11) is 0. The van der Waals surface area contributed by atoms with Crippen molar-refractivity contribution in [2.24, 2.45) is 0 Å². The predicted molar refractivity (Wildman–Crippen MR) is 124 cm³/mol. The van der Waals surface area contributed by atoms with E-state index < -0.39 is 0 Å². The molecule has 1 aromatic heterocycles. The molecule has 1 unspecified atom stereocenters. The fourth-order valence-corrected chi connectivity index (χ4v) is 4.25. The molecule has 1 fully saturated rings. The number of nitrogens with zero attached hydrogens (tertiary/aromatic N) is 2. The minimum atomic E-state index is -0.266. The van der Waals surface area contributed by atoms with Crippen LogP contribution in [0.25, 0.3) is 11.0 Å². The van der Waals surface area contributed by atoms with Gasteiger partial charge in [-0.1, -0.05) is 48.5 Å². The minimum Gasteiger partial charge on any atom is -0.345 e. The summed E-state index contributed by atoms with van der Waals surface area (Å²) in [5, 5.41) is 3.19. The zero-order valence-electron chi connectivity index (χ0n) is 17.6. The lowest BCUT2D eigenvalue weighted by molar-refractivity contribution is -0.121. The van der Waals surface area contributed by atoms with Gasteiger partial charge < -0.3 is 15.2 Å². The number of aromatic nitrogens is 2. The van der Waals surface area contributed by atoms with E-state index in [1.54, 1.807) is 11.2 Å². The number of amides is 2. The third-order valence-corrected chi connectivity index (χ3v) is 5.90. The molecule has 5 rings (SSSR count). The van der Waals surface area contributed by atoms with Crippen LogP contribution in [0.5, 0.6) is 0 Å². The highest BCUT2D eigenvalue weighted by molar-refractivity contribution is 5.95. The Bertz CT molecular complexity index is 1250. The molecule has 0 aliphatic carbocycles. The lowest BCUT2D eigenvalue weighted by atomic mass is 9.97. The third-order valence-electron chi connectivity index (χ3n) is 5.90. The zero-order valence-corrected chi connectivity index (χ0v) is 17.6. The number of anilines is 1. The molecular weight excluding hydrogens is 400 g/mol. The smallest absolute Gasteiger partial charge is 0.227 e. The van der Waals surface area contributed by atoms with E-state index in [0.717, 1.165) is 46.4 Å². The van der Waals surface area contributed by atoms with Gasteiger partial charge in [-0.3, -0.25) is 9.59 Å². The van der Waals surface area contributed by atoms with Crippen LogP contribution in [0.4, 0.5) is 5.69 Å². The molecule has 2 heterocycles. The van der Waals surface area contributed by atoms with Gasteiger partial charge in [0.1, 0.15) is 0 Å². The molecule has 0 spiro atoms. The van der Waals surface area contributed by atoms with Crippen molar-refractivity contribution in [3.8, 4) is 0 Å². The van der Waals surface area contributed by atoms with Crippen molar-refractivity contribution in [2.45, 2.75) is 25.3 Å². The van der Waals surface area contributed by atoms with Crippen molar-refractivity contribution in [1.82, 2.24) is 15.3 Å². The fraction of sp³-hybridized carbons (Fsp3) is 0.192. The van der Waals surface area contributed by atoms with Crippen LogP contribution in [-0.4, -0.2) is 28.3 Å². The quantitative estimate of drug-likeness (QED) is 0.488. The summed E-state index contributed by atoms with van der Waals surface area (Å²) in [5.74, 6) is 0.101. The summed E-state index contributed by atoms with van der Waals surface area (Å²) in [5.41, 5.74) is 5.64. The van der Waals surface area contributed by atoms with Gasteiger partial charge in [0.05, 0.1) is 29.8 Å². The normalized spacial score (nSPS) is 14.6. The summed E-state index contributed by atoms with van der Waals surface area (Å²) in [6, 6.07) is 23.4. The number of benzene rings is 3. The molecule has 3 aromatic carbocycles. The van der Waals surface area contributed by atoms with Crippen LogP contribution in [0.3, 0.4) is 0 Å². The van der Waals surface area contributed by atoms with E-state index >= 15 is 0 Å². The molecule has 1 aliphatic rings. The Labute approximate surface area is 186 Å². The Morgan fingerprint density at radius 3 is 2.59 bits per heavy atom. The first kappa shape index (κ1) is 20.0. The minimum absolute atomic E-state index is 0.0615. The maximum Gasteiger partial charge on any atom is 0.227 e. The number of fused-ring (bicyclic) bond motifs is 1. The number of carbonyl (C=O) groups excluding carboxylic acids is 2. The van der Waals surface area contributed by atoms with Crippen LogP contribution in [0.15, 0.2) is 79.1 Å². The van der Waals surface area contributed by atoms with Gasteiger partial charge in [-0.2, -0.15) is 0 Å². The molecule has 6 nitrogen and oxygen atoms in total. The number of H-pyrrole nitrogens is 1. The van der Waals surface area contributed by atoms with E-state index in [4.69, 9.17) is 0 Å². The largest absolute Gasteiger partial charge is 0.345 e. The summed E-state index contributed by atoms with van der Waals surface area (Å²) in [6.07, 6.45) is 3.44. The van der Waals surface area contributed by atoms with E-state index in [0.29, 0.717) is 6.42 Å². The Hall–Kier alpha value is -3.93. The van der Waals surface area contributed by atoms with Gasteiger partial charge in [-0.05, 0) is 47.4 Å². The Kier molecular flexibility index (Phi) is 5.42. The van der Waals surface area contributed by atoms with Crippen molar-refractivity contribution < 1.29 is 9.59 Å².